The van der Waals surface area contributed by atoms with Crippen molar-refractivity contribution in [3.05, 3.63) is 170 Å². The maximum atomic E-state index is 4.78. The Morgan fingerprint density at radius 3 is 1.57 bits per heavy atom. The fourth-order valence-corrected chi connectivity index (χ4v) is 8.62. The van der Waals surface area contributed by atoms with Gasteiger partial charge in [0.2, 0.25) is 0 Å². The first-order valence-electron chi connectivity index (χ1n) is 16.6. The average Bonchev–Trinajstić information content (AvgIpc) is 3.57. The fourth-order valence-electron chi connectivity index (χ4n) is 7.38. The standard InChI is InChI=1S/C46H28N2S/c1-2-14-40-37(12-1)38-23-22-35(28-42(38)45-44(40)47-24-25-48-45)34-11-6-10-33(27-34)32-9-5-8-31(26-32)29-18-20-30(21-19-29)36-15-7-16-41-39-13-3-4-17-43(39)49-46(36)41/h1-28H. The highest BCUT2D eigenvalue weighted by atomic mass is 32.1. The van der Waals surface area contributed by atoms with E-state index in [0.29, 0.717) is 0 Å². The zero-order chi connectivity index (χ0) is 32.3. The minimum absolute atomic E-state index is 0.938. The largest absolute Gasteiger partial charge is 0.252 e. The van der Waals surface area contributed by atoms with Gasteiger partial charge in [0.25, 0.3) is 0 Å². The molecule has 0 radical (unpaired) electrons. The Bertz CT molecular complexity index is 2850. The predicted octanol–water partition coefficient (Wildman–Crippen LogP) is 13.0. The second-order valence-corrected chi connectivity index (χ2v) is 13.6. The van der Waals surface area contributed by atoms with E-state index in [-0.39, 0.29) is 0 Å². The van der Waals surface area contributed by atoms with Crippen LogP contribution in [0, 0.1) is 0 Å². The summed E-state index contributed by atoms with van der Waals surface area (Å²) in [5, 5.41) is 7.32. The summed E-state index contributed by atoms with van der Waals surface area (Å²) in [6.07, 6.45) is 3.57. The molecule has 0 aliphatic rings. The lowest BCUT2D eigenvalue weighted by Crippen LogP contribution is -1.89. The Hall–Kier alpha value is -6.16. The van der Waals surface area contributed by atoms with Crippen molar-refractivity contribution in [1.82, 2.24) is 9.97 Å². The van der Waals surface area contributed by atoms with Gasteiger partial charge >= 0.3 is 0 Å². The Morgan fingerprint density at radius 1 is 0.327 bits per heavy atom. The second kappa shape index (κ2) is 11.2. The molecule has 0 spiro atoms. The van der Waals surface area contributed by atoms with Gasteiger partial charge in [-0.25, -0.2) is 0 Å². The Labute approximate surface area is 287 Å². The first kappa shape index (κ1) is 27.9. The summed E-state index contributed by atoms with van der Waals surface area (Å²) in [6.45, 7) is 0. The highest BCUT2D eigenvalue weighted by Gasteiger charge is 2.13. The number of fused-ring (bicyclic) bond motifs is 9. The number of rotatable bonds is 4. The molecule has 2 heterocycles. The lowest BCUT2D eigenvalue weighted by molar-refractivity contribution is 1.31. The molecular formula is C46H28N2S. The molecule has 228 valence electrons. The zero-order valence-electron chi connectivity index (χ0n) is 26.5. The van der Waals surface area contributed by atoms with Crippen LogP contribution in [0.3, 0.4) is 0 Å². The lowest BCUT2D eigenvalue weighted by atomic mass is 9.93. The highest BCUT2D eigenvalue weighted by Crippen LogP contribution is 2.41. The molecule has 0 unspecified atom stereocenters. The summed E-state index contributed by atoms with van der Waals surface area (Å²) in [7, 11) is 0. The first-order valence-corrected chi connectivity index (χ1v) is 17.4. The van der Waals surface area contributed by atoms with Crippen molar-refractivity contribution < 1.29 is 0 Å². The van der Waals surface area contributed by atoms with Gasteiger partial charge in [-0.2, -0.15) is 0 Å². The molecule has 10 rings (SSSR count). The Morgan fingerprint density at radius 2 is 0.837 bits per heavy atom. The number of benzene rings is 8. The van der Waals surface area contributed by atoms with Gasteiger partial charge in [-0.05, 0) is 79.5 Å². The van der Waals surface area contributed by atoms with E-state index in [1.54, 1.807) is 12.4 Å². The van der Waals surface area contributed by atoms with Crippen molar-refractivity contribution >= 4 is 64.1 Å². The van der Waals surface area contributed by atoms with Crippen molar-refractivity contribution in [2.24, 2.45) is 0 Å². The van der Waals surface area contributed by atoms with Crippen LogP contribution in [0.25, 0.3) is 97.3 Å². The summed E-state index contributed by atoms with van der Waals surface area (Å²) in [6, 6.07) is 57.3. The minimum atomic E-state index is 0.938. The molecule has 2 aromatic heterocycles. The van der Waals surface area contributed by atoms with Gasteiger partial charge in [-0.15, -0.1) is 11.3 Å². The molecule has 0 aliphatic heterocycles. The van der Waals surface area contributed by atoms with Gasteiger partial charge in [0.15, 0.2) is 0 Å². The van der Waals surface area contributed by atoms with E-state index >= 15 is 0 Å². The van der Waals surface area contributed by atoms with Crippen LogP contribution >= 0.6 is 11.3 Å². The van der Waals surface area contributed by atoms with Crippen LogP contribution in [0.2, 0.25) is 0 Å². The number of aromatic nitrogens is 2. The third-order valence-corrected chi connectivity index (χ3v) is 11.0. The van der Waals surface area contributed by atoms with Crippen LogP contribution in [0.4, 0.5) is 0 Å². The normalized spacial score (nSPS) is 11.7. The van der Waals surface area contributed by atoms with Gasteiger partial charge in [0, 0.05) is 43.3 Å². The van der Waals surface area contributed by atoms with Crippen LogP contribution in [-0.2, 0) is 0 Å². The number of thiophene rings is 1. The molecule has 0 aliphatic carbocycles. The van der Waals surface area contributed by atoms with Gasteiger partial charge in [0.05, 0.1) is 11.0 Å². The van der Waals surface area contributed by atoms with E-state index in [0.717, 1.165) is 27.4 Å². The molecule has 0 amide bonds. The fraction of sp³-hybridized carbons (Fsp3) is 0. The van der Waals surface area contributed by atoms with Crippen molar-refractivity contribution in [2.75, 3.05) is 0 Å². The van der Waals surface area contributed by atoms with E-state index in [1.807, 2.05) is 11.3 Å². The van der Waals surface area contributed by atoms with E-state index in [9.17, 15) is 0 Å². The monoisotopic (exact) mass is 640 g/mol. The number of nitrogens with zero attached hydrogens (tertiary/aromatic N) is 2. The van der Waals surface area contributed by atoms with Crippen LogP contribution in [0.1, 0.15) is 0 Å². The maximum absolute atomic E-state index is 4.78. The predicted molar refractivity (Wildman–Crippen MR) is 209 cm³/mol. The van der Waals surface area contributed by atoms with E-state index in [4.69, 9.17) is 9.97 Å². The summed E-state index contributed by atoms with van der Waals surface area (Å²) < 4.78 is 2.68. The van der Waals surface area contributed by atoms with E-state index in [2.05, 4.69) is 158 Å². The smallest absolute Gasteiger partial charge is 0.0971 e. The van der Waals surface area contributed by atoms with Crippen molar-refractivity contribution in [1.29, 1.82) is 0 Å². The highest BCUT2D eigenvalue weighted by molar-refractivity contribution is 7.26. The van der Waals surface area contributed by atoms with Gasteiger partial charge in [-0.1, -0.05) is 133 Å². The molecule has 0 saturated carbocycles. The molecule has 0 fully saturated rings. The van der Waals surface area contributed by atoms with Crippen molar-refractivity contribution in [3.8, 4) is 44.5 Å². The molecular weight excluding hydrogens is 613 g/mol. The first-order chi connectivity index (χ1) is 24.3. The quantitative estimate of drug-likeness (QED) is 0.179. The molecule has 49 heavy (non-hydrogen) atoms. The van der Waals surface area contributed by atoms with Crippen LogP contribution in [0.5, 0.6) is 0 Å². The molecule has 0 N–H and O–H groups in total. The summed E-state index contributed by atoms with van der Waals surface area (Å²) >= 11 is 1.88. The number of hydrogen-bond acceptors (Lipinski definition) is 3. The SMILES string of the molecule is c1cc(-c2ccc(-c3cccc4c3sc3ccccc34)cc2)cc(-c2cccc(-c3ccc4c5ccccc5c5nccnc5c4c3)c2)c1. The molecule has 0 bridgehead atoms. The number of hydrogen-bond donors (Lipinski definition) is 0. The molecule has 8 aromatic carbocycles. The second-order valence-electron chi connectivity index (χ2n) is 12.6. The van der Waals surface area contributed by atoms with Crippen LogP contribution < -0.4 is 0 Å². The third-order valence-electron chi connectivity index (χ3n) is 9.77. The molecule has 2 nitrogen and oxygen atoms in total. The Balaban J connectivity index is 1.00. The zero-order valence-corrected chi connectivity index (χ0v) is 27.3. The molecule has 0 saturated heterocycles. The van der Waals surface area contributed by atoms with Crippen LogP contribution in [0.15, 0.2) is 170 Å². The minimum Gasteiger partial charge on any atom is -0.252 e. The van der Waals surface area contributed by atoms with Gasteiger partial charge < -0.3 is 0 Å². The molecule has 10 aromatic rings. The summed E-state index contributed by atoms with van der Waals surface area (Å²) in [4.78, 5) is 9.51. The van der Waals surface area contributed by atoms with Crippen molar-refractivity contribution in [3.63, 3.8) is 0 Å². The lowest BCUT2D eigenvalue weighted by Gasteiger charge is -2.12. The maximum Gasteiger partial charge on any atom is 0.0971 e. The Kier molecular flexibility index (Phi) is 6.39. The molecule has 0 atom stereocenters. The van der Waals surface area contributed by atoms with Gasteiger partial charge in [0.1, 0.15) is 0 Å². The summed E-state index contributed by atoms with van der Waals surface area (Å²) in [5.41, 5.74) is 11.6. The van der Waals surface area contributed by atoms with E-state index < -0.39 is 0 Å². The third kappa shape index (κ3) is 4.62. The van der Waals surface area contributed by atoms with Gasteiger partial charge in [-0.3, -0.25) is 9.97 Å². The average molecular weight is 641 g/mol. The van der Waals surface area contributed by atoms with Crippen LogP contribution in [-0.4, -0.2) is 9.97 Å². The van der Waals surface area contributed by atoms with Crippen molar-refractivity contribution in [2.45, 2.75) is 0 Å². The van der Waals surface area contributed by atoms with E-state index in [1.165, 1.54) is 69.9 Å². The topological polar surface area (TPSA) is 25.8 Å². The summed E-state index contributed by atoms with van der Waals surface area (Å²) in [5.74, 6) is 0. The molecule has 3 heteroatoms.